The van der Waals surface area contributed by atoms with Gasteiger partial charge in [-0.05, 0) is 12.5 Å². The minimum Gasteiger partial charge on any atom is -0.339 e. The van der Waals surface area contributed by atoms with Gasteiger partial charge in [0.15, 0.2) is 10.9 Å². The van der Waals surface area contributed by atoms with Gasteiger partial charge in [-0.1, -0.05) is 29.8 Å². The van der Waals surface area contributed by atoms with Gasteiger partial charge in [-0.25, -0.2) is 23.1 Å². The fraction of sp³-hybridized carbons (Fsp3) is 0.312. The Balaban J connectivity index is 1.54. The molecule has 0 bridgehead atoms. The van der Waals surface area contributed by atoms with Gasteiger partial charge in [0.25, 0.3) is 10.0 Å². The number of aromatic amines is 1. The van der Waals surface area contributed by atoms with Crippen LogP contribution in [0.25, 0.3) is 0 Å². The molecule has 0 amide bonds. The Hall–Kier alpha value is -2.52. The van der Waals surface area contributed by atoms with Crippen LogP contribution in [-0.2, 0) is 29.9 Å². The Morgan fingerprint density at radius 2 is 2.00 bits per heavy atom. The minimum atomic E-state index is -3.60. The van der Waals surface area contributed by atoms with E-state index in [9.17, 15) is 8.42 Å². The Morgan fingerprint density at radius 1 is 1.24 bits per heavy atom. The van der Waals surface area contributed by atoms with Crippen molar-refractivity contribution in [1.82, 2.24) is 29.5 Å². The second kappa shape index (κ2) is 7.16. The highest BCUT2D eigenvalue weighted by atomic mass is 32.2. The monoisotopic (exact) mass is 360 g/mol. The van der Waals surface area contributed by atoms with Crippen LogP contribution in [0.4, 0.5) is 0 Å². The summed E-state index contributed by atoms with van der Waals surface area (Å²) in [5.74, 6) is 1.33. The van der Waals surface area contributed by atoms with E-state index >= 15 is 0 Å². The third-order valence-corrected chi connectivity index (χ3v) is 5.01. The quantitative estimate of drug-likeness (QED) is 0.653. The molecule has 3 aromatic rings. The molecule has 8 nitrogen and oxygen atoms in total. The van der Waals surface area contributed by atoms with Crippen molar-refractivity contribution in [1.29, 1.82) is 0 Å². The first-order valence-electron chi connectivity index (χ1n) is 7.86. The molecular weight excluding hydrogens is 340 g/mol. The Kier molecular flexibility index (Phi) is 4.95. The second-order valence-corrected chi connectivity index (χ2v) is 7.60. The van der Waals surface area contributed by atoms with Gasteiger partial charge >= 0.3 is 0 Å². The Labute approximate surface area is 146 Å². The number of aryl methyl sites for hydroxylation is 2. The second-order valence-electron chi connectivity index (χ2n) is 5.89. The lowest BCUT2D eigenvalue weighted by atomic mass is 10.1. The number of hydrogen-bond donors (Lipinski definition) is 2. The number of aromatic nitrogens is 5. The minimum absolute atomic E-state index is 0.00467. The predicted molar refractivity (Wildman–Crippen MR) is 92.5 cm³/mol. The highest BCUT2D eigenvalue weighted by molar-refractivity contribution is 7.89. The summed E-state index contributed by atoms with van der Waals surface area (Å²) in [5.41, 5.74) is 2.35. The maximum Gasteiger partial charge on any atom is 0.259 e. The molecule has 2 N–H and O–H groups in total. The van der Waals surface area contributed by atoms with E-state index in [-0.39, 0.29) is 11.6 Å². The van der Waals surface area contributed by atoms with E-state index in [1.807, 2.05) is 6.92 Å². The number of nitrogens with zero attached hydrogens (tertiary/aromatic N) is 4. The molecule has 9 heteroatoms. The van der Waals surface area contributed by atoms with Crippen molar-refractivity contribution in [3.05, 3.63) is 59.6 Å². The summed E-state index contributed by atoms with van der Waals surface area (Å²) in [6.45, 7) is 2.25. The van der Waals surface area contributed by atoms with E-state index in [1.54, 1.807) is 11.6 Å². The van der Waals surface area contributed by atoms with Crippen molar-refractivity contribution >= 4 is 10.0 Å². The van der Waals surface area contributed by atoms with Gasteiger partial charge in [0.2, 0.25) is 0 Å². The number of rotatable bonds is 7. The average molecular weight is 360 g/mol. The predicted octanol–water partition coefficient (Wildman–Crippen LogP) is 0.958. The van der Waals surface area contributed by atoms with Gasteiger partial charge in [-0.3, -0.25) is 5.10 Å². The summed E-state index contributed by atoms with van der Waals surface area (Å²) in [5, 5.41) is 7.04. The summed E-state index contributed by atoms with van der Waals surface area (Å²) in [6.07, 6.45) is 3.96. The van der Waals surface area contributed by atoms with Crippen LogP contribution in [0, 0.1) is 6.92 Å². The molecule has 0 aliphatic rings. The molecule has 25 heavy (non-hydrogen) atoms. The van der Waals surface area contributed by atoms with E-state index in [2.05, 4.69) is 49.2 Å². The smallest absolute Gasteiger partial charge is 0.259 e. The van der Waals surface area contributed by atoms with Crippen LogP contribution >= 0.6 is 0 Å². The molecule has 0 aliphatic carbocycles. The fourth-order valence-electron chi connectivity index (χ4n) is 2.32. The third-order valence-electron chi connectivity index (χ3n) is 3.67. The van der Waals surface area contributed by atoms with Crippen molar-refractivity contribution in [3.8, 4) is 0 Å². The summed E-state index contributed by atoms with van der Waals surface area (Å²) in [4.78, 5) is 8.25. The van der Waals surface area contributed by atoms with Crippen molar-refractivity contribution in [2.24, 2.45) is 7.05 Å². The number of nitrogens with one attached hydrogen (secondary N) is 2. The summed E-state index contributed by atoms with van der Waals surface area (Å²) in [6, 6.07) is 8.22. The van der Waals surface area contributed by atoms with Crippen molar-refractivity contribution in [3.63, 3.8) is 0 Å². The van der Waals surface area contributed by atoms with Crippen LogP contribution in [0.3, 0.4) is 0 Å². The highest BCUT2D eigenvalue weighted by Gasteiger charge is 2.16. The van der Waals surface area contributed by atoms with E-state index in [1.165, 1.54) is 18.1 Å². The topological polar surface area (TPSA) is 106 Å². The van der Waals surface area contributed by atoms with Crippen LogP contribution in [0.2, 0.25) is 0 Å². The van der Waals surface area contributed by atoms with Crippen LogP contribution in [0.1, 0.15) is 22.8 Å². The van der Waals surface area contributed by atoms with Crippen molar-refractivity contribution < 1.29 is 8.42 Å². The molecule has 0 saturated carbocycles. The largest absolute Gasteiger partial charge is 0.339 e. The molecule has 0 fully saturated rings. The average Bonchev–Trinajstić information content (AvgIpc) is 3.19. The zero-order chi connectivity index (χ0) is 17.9. The van der Waals surface area contributed by atoms with Gasteiger partial charge in [0.1, 0.15) is 5.82 Å². The number of benzene rings is 1. The van der Waals surface area contributed by atoms with Gasteiger partial charge in [0, 0.05) is 32.6 Å². The molecule has 2 aromatic heterocycles. The molecule has 0 saturated heterocycles. The van der Waals surface area contributed by atoms with E-state index in [0.717, 1.165) is 11.4 Å². The summed E-state index contributed by atoms with van der Waals surface area (Å²) >= 11 is 0. The highest BCUT2D eigenvalue weighted by Crippen LogP contribution is 2.08. The van der Waals surface area contributed by atoms with Crippen LogP contribution < -0.4 is 4.72 Å². The molecule has 132 valence electrons. The SMILES string of the molecule is Cc1ccc(Cc2nc(CCNS(=O)(=O)c3cn(C)cn3)n[nH]2)cc1. The Morgan fingerprint density at radius 3 is 2.68 bits per heavy atom. The standard InChI is InChI=1S/C16H20N6O2S/c1-12-3-5-13(6-4-12)9-15-19-14(20-21-15)7-8-18-25(23,24)16-10-22(2)11-17-16/h3-6,10-11,18H,7-9H2,1-2H3,(H,19,20,21). The molecule has 0 atom stereocenters. The first kappa shape index (κ1) is 17.3. The molecule has 0 radical (unpaired) electrons. The zero-order valence-electron chi connectivity index (χ0n) is 14.1. The fourth-order valence-corrected chi connectivity index (χ4v) is 3.33. The van der Waals surface area contributed by atoms with Crippen LogP contribution in [0.5, 0.6) is 0 Å². The first-order chi connectivity index (χ1) is 11.9. The number of sulfonamides is 1. The van der Waals surface area contributed by atoms with E-state index in [0.29, 0.717) is 18.7 Å². The lowest BCUT2D eigenvalue weighted by Gasteiger charge is -2.02. The number of hydrogen-bond acceptors (Lipinski definition) is 5. The van der Waals surface area contributed by atoms with Crippen molar-refractivity contribution in [2.45, 2.75) is 24.8 Å². The third kappa shape index (κ3) is 4.52. The van der Waals surface area contributed by atoms with Crippen LogP contribution in [-0.4, -0.2) is 39.7 Å². The maximum absolute atomic E-state index is 12.1. The maximum atomic E-state index is 12.1. The summed E-state index contributed by atoms with van der Waals surface area (Å²) < 4.78 is 28.2. The zero-order valence-corrected chi connectivity index (χ0v) is 14.9. The molecule has 0 aliphatic heterocycles. The molecule has 2 heterocycles. The molecule has 1 aromatic carbocycles. The molecule has 3 rings (SSSR count). The lowest BCUT2D eigenvalue weighted by Crippen LogP contribution is -2.26. The van der Waals surface area contributed by atoms with Gasteiger partial charge in [0.05, 0.1) is 6.33 Å². The van der Waals surface area contributed by atoms with Gasteiger partial charge < -0.3 is 4.57 Å². The number of H-pyrrole nitrogens is 1. The molecular formula is C16H20N6O2S. The summed E-state index contributed by atoms with van der Waals surface area (Å²) in [7, 11) is -1.89. The molecule has 0 spiro atoms. The first-order valence-corrected chi connectivity index (χ1v) is 9.34. The molecule has 0 unspecified atom stereocenters. The Bertz CT molecular complexity index is 943. The normalized spacial score (nSPS) is 11.8. The van der Waals surface area contributed by atoms with E-state index in [4.69, 9.17) is 0 Å². The van der Waals surface area contributed by atoms with Gasteiger partial charge in [-0.15, -0.1) is 0 Å². The van der Waals surface area contributed by atoms with Crippen molar-refractivity contribution in [2.75, 3.05) is 6.54 Å². The van der Waals surface area contributed by atoms with Gasteiger partial charge in [-0.2, -0.15) is 5.10 Å². The number of imidazole rings is 1. The van der Waals surface area contributed by atoms with E-state index < -0.39 is 10.0 Å². The van der Waals surface area contributed by atoms with Crippen LogP contribution in [0.15, 0.2) is 41.8 Å². The lowest BCUT2D eigenvalue weighted by molar-refractivity contribution is 0.577.